The molecule has 4 heterocycles. The van der Waals surface area contributed by atoms with Crippen molar-refractivity contribution in [3.63, 3.8) is 0 Å². The Hall–Kier alpha value is -2.84. The van der Waals surface area contributed by atoms with Gasteiger partial charge in [0.1, 0.15) is 11.6 Å². The average Bonchev–Trinajstić information content (AvgIpc) is 3.56. The lowest BCUT2D eigenvalue weighted by Gasteiger charge is -2.25. The second-order valence-corrected chi connectivity index (χ2v) is 8.86. The summed E-state index contributed by atoms with van der Waals surface area (Å²) in [7, 11) is 0. The molecule has 1 aromatic carbocycles. The van der Waals surface area contributed by atoms with Crippen LogP contribution in [0.4, 0.5) is 5.82 Å². The number of nitrogens with zero attached hydrogens (tertiary/aromatic N) is 4. The number of hydrogen-bond donors (Lipinski definition) is 0. The minimum atomic E-state index is -0.0804. The molecule has 8 heteroatoms. The highest BCUT2D eigenvalue weighted by Crippen LogP contribution is 2.29. The minimum absolute atomic E-state index is 0.0804. The maximum absolute atomic E-state index is 12.6. The topological polar surface area (TPSA) is 71.7 Å². The molecule has 2 aliphatic rings. The molecule has 1 amide bonds. The number of ether oxygens (including phenoxy) is 1. The summed E-state index contributed by atoms with van der Waals surface area (Å²) in [5, 5.41) is 0.714. The van der Waals surface area contributed by atoms with Gasteiger partial charge < -0.3 is 19.0 Å². The van der Waals surface area contributed by atoms with Crippen molar-refractivity contribution in [2.24, 2.45) is 0 Å². The molecule has 0 N–H and O–H groups in total. The van der Waals surface area contributed by atoms with E-state index in [-0.39, 0.29) is 5.91 Å². The minimum Gasteiger partial charge on any atom is -0.455 e. The van der Waals surface area contributed by atoms with Crippen LogP contribution >= 0.6 is 11.8 Å². The van der Waals surface area contributed by atoms with Crippen molar-refractivity contribution in [3.05, 3.63) is 60.1 Å². The van der Waals surface area contributed by atoms with E-state index in [0.29, 0.717) is 43.0 Å². The van der Waals surface area contributed by atoms with Gasteiger partial charge in [0.15, 0.2) is 10.9 Å². The van der Waals surface area contributed by atoms with E-state index in [1.165, 1.54) is 24.6 Å². The Kier molecular flexibility index (Phi) is 6.41. The van der Waals surface area contributed by atoms with E-state index >= 15 is 0 Å². The SMILES string of the molecule is O=C(c1ccc(CSc2nc(-c3ccccc3)cc(N3CCCC3)n2)o1)N1CCOCC1. The second kappa shape index (κ2) is 9.75. The van der Waals surface area contributed by atoms with Crippen LogP contribution in [0.3, 0.4) is 0 Å². The van der Waals surface area contributed by atoms with E-state index in [0.717, 1.165) is 35.9 Å². The van der Waals surface area contributed by atoms with E-state index in [1.807, 2.05) is 24.3 Å². The van der Waals surface area contributed by atoms with Crippen LogP contribution in [0.25, 0.3) is 11.3 Å². The van der Waals surface area contributed by atoms with Gasteiger partial charge in [-0.2, -0.15) is 0 Å². The van der Waals surface area contributed by atoms with Crippen LogP contribution in [0, 0.1) is 0 Å². The van der Waals surface area contributed by atoms with E-state index in [1.54, 1.807) is 11.0 Å². The molecule has 2 fully saturated rings. The molecule has 0 bridgehead atoms. The molecule has 0 spiro atoms. The average molecular weight is 451 g/mol. The zero-order valence-corrected chi connectivity index (χ0v) is 18.7. The zero-order valence-electron chi connectivity index (χ0n) is 17.9. The number of benzene rings is 1. The Morgan fingerprint density at radius 1 is 0.969 bits per heavy atom. The van der Waals surface area contributed by atoms with Crippen LogP contribution in [0.2, 0.25) is 0 Å². The van der Waals surface area contributed by atoms with Gasteiger partial charge in [0.2, 0.25) is 0 Å². The molecule has 0 unspecified atom stereocenters. The molecule has 166 valence electrons. The molecule has 0 saturated carbocycles. The van der Waals surface area contributed by atoms with Crippen LogP contribution in [0.1, 0.15) is 29.2 Å². The quantitative estimate of drug-likeness (QED) is 0.414. The molecule has 2 aliphatic heterocycles. The molecule has 7 nitrogen and oxygen atoms in total. The van der Waals surface area contributed by atoms with Gasteiger partial charge in [0.05, 0.1) is 24.7 Å². The van der Waals surface area contributed by atoms with Crippen molar-refractivity contribution in [1.82, 2.24) is 14.9 Å². The van der Waals surface area contributed by atoms with E-state index in [9.17, 15) is 4.79 Å². The van der Waals surface area contributed by atoms with Gasteiger partial charge in [-0.05, 0) is 25.0 Å². The summed E-state index contributed by atoms with van der Waals surface area (Å²) < 4.78 is 11.2. The lowest BCUT2D eigenvalue weighted by atomic mass is 10.1. The summed E-state index contributed by atoms with van der Waals surface area (Å²) in [4.78, 5) is 26.3. The number of hydrogen-bond acceptors (Lipinski definition) is 7. The second-order valence-electron chi connectivity index (χ2n) is 7.91. The number of carbonyl (C=O) groups is 1. The first-order valence-electron chi connectivity index (χ1n) is 11.0. The lowest BCUT2D eigenvalue weighted by Crippen LogP contribution is -2.40. The van der Waals surface area contributed by atoms with E-state index < -0.39 is 0 Å². The lowest BCUT2D eigenvalue weighted by molar-refractivity contribution is 0.0282. The molecule has 2 aromatic heterocycles. The van der Waals surface area contributed by atoms with Crippen molar-refractivity contribution in [2.75, 3.05) is 44.3 Å². The molecule has 0 aliphatic carbocycles. The van der Waals surface area contributed by atoms with Crippen molar-refractivity contribution >= 4 is 23.5 Å². The number of amides is 1. The molecular formula is C24H26N4O3S. The third-order valence-corrected chi connectivity index (χ3v) is 6.58. The summed E-state index contributed by atoms with van der Waals surface area (Å²) in [6, 6.07) is 15.9. The van der Waals surface area contributed by atoms with Crippen molar-refractivity contribution < 1.29 is 13.9 Å². The molecular weight excluding hydrogens is 424 g/mol. The monoisotopic (exact) mass is 450 g/mol. The largest absolute Gasteiger partial charge is 0.455 e. The fourth-order valence-corrected chi connectivity index (χ4v) is 4.72. The molecule has 5 rings (SSSR count). The smallest absolute Gasteiger partial charge is 0.289 e. The molecule has 0 radical (unpaired) electrons. The van der Waals surface area contributed by atoms with Crippen LogP contribution in [-0.2, 0) is 10.5 Å². The summed E-state index contributed by atoms with van der Waals surface area (Å²) in [6.45, 7) is 4.40. The Balaban J connectivity index is 1.32. The fraction of sp³-hybridized carbons (Fsp3) is 0.375. The molecule has 0 atom stereocenters. The highest BCUT2D eigenvalue weighted by Gasteiger charge is 2.22. The number of anilines is 1. The Morgan fingerprint density at radius 3 is 2.53 bits per heavy atom. The fourth-order valence-electron chi connectivity index (χ4n) is 3.97. The van der Waals surface area contributed by atoms with Crippen LogP contribution in [0.15, 0.2) is 58.1 Å². The predicted molar refractivity (Wildman–Crippen MR) is 124 cm³/mol. The number of furan rings is 1. The highest BCUT2D eigenvalue weighted by atomic mass is 32.2. The first kappa shape index (κ1) is 21.0. The predicted octanol–water partition coefficient (Wildman–Crippen LogP) is 4.10. The zero-order chi connectivity index (χ0) is 21.8. The van der Waals surface area contributed by atoms with Gasteiger partial charge in [-0.15, -0.1) is 0 Å². The van der Waals surface area contributed by atoms with Gasteiger partial charge >= 0.3 is 0 Å². The van der Waals surface area contributed by atoms with Crippen LogP contribution < -0.4 is 4.90 Å². The molecule has 2 saturated heterocycles. The maximum Gasteiger partial charge on any atom is 0.289 e. The third kappa shape index (κ3) is 4.81. The number of aromatic nitrogens is 2. The maximum atomic E-state index is 12.6. The van der Waals surface area contributed by atoms with Gasteiger partial charge in [0.25, 0.3) is 5.91 Å². The van der Waals surface area contributed by atoms with Crippen LogP contribution in [0.5, 0.6) is 0 Å². The normalized spacial score (nSPS) is 16.5. The van der Waals surface area contributed by atoms with Crippen molar-refractivity contribution in [2.45, 2.75) is 23.8 Å². The summed E-state index contributed by atoms with van der Waals surface area (Å²) in [5.41, 5.74) is 2.00. The number of morpholine rings is 1. The van der Waals surface area contributed by atoms with Crippen molar-refractivity contribution in [1.29, 1.82) is 0 Å². The Labute approximate surface area is 191 Å². The number of rotatable bonds is 6. The van der Waals surface area contributed by atoms with Crippen molar-refractivity contribution in [3.8, 4) is 11.3 Å². The molecule has 32 heavy (non-hydrogen) atoms. The van der Waals surface area contributed by atoms with Gasteiger partial charge in [-0.1, -0.05) is 42.1 Å². The molecule has 3 aromatic rings. The van der Waals surface area contributed by atoms with Gasteiger partial charge in [-0.25, -0.2) is 9.97 Å². The standard InChI is InChI=1S/C24H26N4O3S/c29-23(28-12-14-30-15-13-28)21-9-8-19(31-21)17-32-24-25-20(18-6-2-1-3-7-18)16-22(26-24)27-10-4-5-11-27/h1-3,6-9,16H,4-5,10-15,17H2. The van der Waals surface area contributed by atoms with E-state index in [2.05, 4.69) is 23.1 Å². The summed E-state index contributed by atoms with van der Waals surface area (Å²) in [5.74, 6) is 2.57. The Bertz CT molecular complexity index is 1060. The number of carbonyl (C=O) groups excluding carboxylic acids is 1. The number of thioether (sulfide) groups is 1. The summed E-state index contributed by atoms with van der Waals surface area (Å²) in [6.07, 6.45) is 2.39. The first-order chi connectivity index (χ1) is 15.8. The first-order valence-corrected chi connectivity index (χ1v) is 12.0. The van der Waals surface area contributed by atoms with Gasteiger partial charge in [-0.3, -0.25) is 4.79 Å². The Morgan fingerprint density at radius 2 is 1.75 bits per heavy atom. The van der Waals surface area contributed by atoms with Gasteiger partial charge in [0, 0.05) is 37.8 Å². The highest BCUT2D eigenvalue weighted by molar-refractivity contribution is 7.98. The third-order valence-electron chi connectivity index (χ3n) is 5.71. The van der Waals surface area contributed by atoms with Crippen LogP contribution in [-0.4, -0.2) is 60.2 Å². The summed E-state index contributed by atoms with van der Waals surface area (Å²) >= 11 is 1.53. The van der Waals surface area contributed by atoms with E-state index in [4.69, 9.17) is 19.1 Å².